The molecule has 27 heavy (non-hydrogen) atoms. The lowest BCUT2D eigenvalue weighted by Crippen LogP contribution is -2.07. The Hall–Kier alpha value is -3.61. The average molecular weight is 364 g/mol. The van der Waals surface area contributed by atoms with Gasteiger partial charge >= 0.3 is 5.97 Å². The number of para-hydroxylation sites is 1. The molecule has 0 amide bonds. The van der Waals surface area contributed by atoms with Crippen molar-refractivity contribution in [2.24, 2.45) is 0 Å². The minimum absolute atomic E-state index is 0.167. The van der Waals surface area contributed by atoms with E-state index < -0.39 is 5.97 Å². The molecule has 0 unspecified atom stereocenters. The minimum atomic E-state index is -0.501. The van der Waals surface area contributed by atoms with Crippen LogP contribution in [0.4, 0.5) is 0 Å². The van der Waals surface area contributed by atoms with Crippen LogP contribution < -0.4 is 4.74 Å². The van der Waals surface area contributed by atoms with Crippen molar-refractivity contribution in [3.8, 4) is 17.2 Å². The summed E-state index contributed by atoms with van der Waals surface area (Å²) in [6.07, 6.45) is 1.28. The number of rotatable bonds is 6. The van der Waals surface area contributed by atoms with Gasteiger partial charge in [0.1, 0.15) is 17.9 Å². The van der Waals surface area contributed by atoms with Gasteiger partial charge in [-0.25, -0.2) is 4.79 Å². The van der Waals surface area contributed by atoms with Crippen LogP contribution in [0.5, 0.6) is 5.75 Å². The molecule has 2 aromatic carbocycles. The van der Waals surface area contributed by atoms with Gasteiger partial charge in [-0.15, -0.1) is 10.2 Å². The average Bonchev–Trinajstić information content (AvgIpc) is 3.35. The lowest BCUT2D eigenvalue weighted by Gasteiger charge is -2.07. The van der Waals surface area contributed by atoms with Crippen molar-refractivity contribution in [2.45, 2.75) is 13.5 Å². The highest BCUT2D eigenvalue weighted by Crippen LogP contribution is 2.28. The van der Waals surface area contributed by atoms with Crippen molar-refractivity contribution in [1.29, 1.82) is 0 Å². The molecule has 4 aromatic rings. The van der Waals surface area contributed by atoms with Crippen LogP contribution in [0.2, 0.25) is 0 Å². The van der Waals surface area contributed by atoms with Gasteiger partial charge in [0.25, 0.3) is 0 Å². The molecule has 0 aliphatic carbocycles. The molecule has 0 atom stereocenters. The molecule has 4 rings (SSSR count). The smallest absolute Gasteiger partial charge is 0.374 e. The highest BCUT2D eigenvalue weighted by molar-refractivity contribution is 5.96. The van der Waals surface area contributed by atoms with Crippen LogP contribution in [0.15, 0.2) is 63.8 Å². The summed E-state index contributed by atoms with van der Waals surface area (Å²) in [5.41, 5.74) is 2.07. The summed E-state index contributed by atoms with van der Waals surface area (Å²) in [5, 5.41) is 8.35. The number of carbonyl (C=O) groups is 1. The number of esters is 1. The fourth-order valence-corrected chi connectivity index (χ4v) is 2.75. The zero-order chi connectivity index (χ0) is 18.6. The van der Waals surface area contributed by atoms with Gasteiger partial charge in [-0.3, -0.25) is 0 Å². The first kappa shape index (κ1) is 16.8. The normalized spacial score (nSPS) is 10.9. The fraction of sp³-hybridized carbons (Fsp3) is 0.150. The largest absolute Gasteiger partial charge is 0.489 e. The van der Waals surface area contributed by atoms with Crippen molar-refractivity contribution in [3.05, 3.63) is 66.2 Å². The molecule has 0 saturated carbocycles. The molecule has 0 fully saturated rings. The van der Waals surface area contributed by atoms with Gasteiger partial charge in [0.15, 0.2) is 0 Å². The van der Waals surface area contributed by atoms with Gasteiger partial charge in [0.05, 0.1) is 12.2 Å². The molecule has 2 heterocycles. The Morgan fingerprint density at radius 1 is 1.11 bits per heavy atom. The molecule has 0 aliphatic heterocycles. The Balaban J connectivity index is 1.58. The fourth-order valence-electron chi connectivity index (χ4n) is 2.75. The van der Waals surface area contributed by atoms with E-state index in [1.165, 1.54) is 6.39 Å². The SMILES string of the molecule is CCOC(=O)c1oc2ccccc2c1COc1ccc(-c2nnco2)cc1. The second-order valence-electron chi connectivity index (χ2n) is 5.68. The Kier molecular flexibility index (Phi) is 4.57. The number of hydrogen-bond donors (Lipinski definition) is 0. The minimum Gasteiger partial charge on any atom is -0.489 e. The van der Waals surface area contributed by atoms with Gasteiger partial charge in [0, 0.05) is 10.9 Å². The molecule has 7 nitrogen and oxygen atoms in total. The maximum absolute atomic E-state index is 12.2. The first-order valence-electron chi connectivity index (χ1n) is 8.43. The van der Waals surface area contributed by atoms with E-state index in [0.29, 0.717) is 22.8 Å². The van der Waals surface area contributed by atoms with Crippen LogP contribution in [0.1, 0.15) is 23.0 Å². The van der Waals surface area contributed by atoms with Crippen LogP contribution in [0.3, 0.4) is 0 Å². The number of aromatic nitrogens is 2. The van der Waals surface area contributed by atoms with Crippen LogP contribution in [0.25, 0.3) is 22.4 Å². The van der Waals surface area contributed by atoms with E-state index >= 15 is 0 Å². The highest BCUT2D eigenvalue weighted by atomic mass is 16.5. The van der Waals surface area contributed by atoms with E-state index in [2.05, 4.69) is 10.2 Å². The maximum Gasteiger partial charge on any atom is 0.374 e. The topological polar surface area (TPSA) is 87.6 Å². The molecule has 0 N–H and O–H groups in total. The van der Waals surface area contributed by atoms with Crippen molar-refractivity contribution in [1.82, 2.24) is 10.2 Å². The van der Waals surface area contributed by atoms with Crippen LogP contribution in [-0.4, -0.2) is 22.8 Å². The molecular formula is C20H16N2O5. The Bertz CT molecular complexity index is 1050. The van der Waals surface area contributed by atoms with E-state index in [1.54, 1.807) is 25.1 Å². The first-order valence-corrected chi connectivity index (χ1v) is 8.43. The van der Waals surface area contributed by atoms with Crippen LogP contribution in [-0.2, 0) is 11.3 Å². The molecule has 2 aromatic heterocycles. The molecule has 0 aliphatic rings. The predicted molar refractivity (Wildman–Crippen MR) is 96.2 cm³/mol. The van der Waals surface area contributed by atoms with Crippen molar-refractivity contribution >= 4 is 16.9 Å². The number of benzene rings is 2. The number of nitrogens with zero attached hydrogens (tertiary/aromatic N) is 2. The lowest BCUT2D eigenvalue weighted by molar-refractivity contribution is 0.0488. The van der Waals surface area contributed by atoms with Gasteiger partial charge in [-0.05, 0) is 37.3 Å². The van der Waals surface area contributed by atoms with E-state index in [4.69, 9.17) is 18.3 Å². The molecule has 0 saturated heterocycles. The van der Waals surface area contributed by atoms with E-state index in [0.717, 1.165) is 10.9 Å². The second-order valence-corrected chi connectivity index (χ2v) is 5.68. The number of ether oxygens (including phenoxy) is 2. The number of carbonyl (C=O) groups excluding carboxylic acids is 1. The Morgan fingerprint density at radius 3 is 2.67 bits per heavy atom. The Morgan fingerprint density at radius 2 is 1.93 bits per heavy atom. The maximum atomic E-state index is 12.2. The number of fused-ring (bicyclic) bond motifs is 1. The second kappa shape index (κ2) is 7.33. The first-order chi connectivity index (χ1) is 13.3. The molecule has 7 heteroatoms. The Labute approximate surface area is 154 Å². The number of furan rings is 1. The highest BCUT2D eigenvalue weighted by Gasteiger charge is 2.22. The summed E-state index contributed by atoms with van der Waals surface area (Å²) in [4.78, 5) is 12.2. The lowest BCUT2D eigenvalue weighted by atomic mass is 10.1. The molecule has 136 valence electrons. The van der Waals surface area contributed by atoms with Gasteiger partial charge in [0.2, 0.25) is 18.0 Å². The van der Waals surface area contributed by atoms with Gasteiger partial charge in [-0.2, -0.15) is 0 Å². The number of hydrogen-bond acceptors (Lipinski definition) is 7. The van der Waals surface area contributed by atoms with Crippen molar-refractivity contribution in [3.63, 3.8) is 0 Å². The summed E-state index contributed by atoms with van der Waals surface area (Å²) in [5.74, 6) is 0.741. The standard InChI is InChI=1S/C20H16N2O5/c1-2-24-20(23)18-16(15-5-3-4-6-17(15)27-18)11-25-14-9-7-13(8-10-14)19-22-21-12-26-19/h3-10,12H,2,11H2,1H3. The van der Waals surface area contributed by atoms with Gasteiger partial charge in [-0.1, -0.05) is 18.2 Å². The zero-order valence-electron chi connectivity index (χ0n) is 14.5. The third-order valence-corrected chi connectivity index (χ3v) is 4.00. The third kappa shape index (κ3) is 3.39. The summed E-state index contributed by atoms with van der Waals surface area (Å²) < 4.78 is 21.8. The van der Waals surface area contributed by atoms with E-state index in [1.807, 2.05) is 30.3 Å². The monoisotopic (exact) mass is 364 g/mol. The van der Waals surface area contributed by atoms with Crippen molar-refractivity contribution in [2.75, 3.05) is 6.61 Å². The molecule has 0 bridgehead atoms. The van der Waals surface area contributed by atoms with E-state index in [-0.39, 0.29) is 19.0 Å². The molecule has 0 spiro atoms. The van der Waals surface area contributed by atoms with Gasteiger partial charge < -0.3 is 18.3 Å². The summed E-state index contributed by atoms with van der Waals surface area (Å²) in [7, 11) is 0. The molecule has 0 radical (unpaired) electrons. The quantitative estimate of drug-likeness (QED) is 0.473. The third-order valence-electron chi connectivity index (χ3n) is 4.00. The zero-order valence-corrected chi connectivity index (χ0v) is 14.5. The molecular weight excluding hydrogens is 348 g/mol. The summed E-state index contributed by atoms with van der Waals surface area (Å²) >= 11 is 0. The van der Waals surface area contributed by atoms with Crippen molar-refractivity contribution < 1.29 is 23.1 Å². The van der Waals surface area contributed by atoms with Crippen LogP contribution >= 0.6 is 0 Å². The summed E-state index contributed by atoms with van der Waals surface area (Å²) in [6.45, 7) is 2.19. The van der Waals surface area contributed by atoms with Crippen LogP contribution in [0, 0.1) is 0 Å². The summed E-state index contributed by atoms with van der Waals surface area (Å²) in [6, 6.07) is 14.7. The predicted octanol–water partition coefficient (Wildman–Crippen LogP) is 4.24. The van der Waals surface area contributed by atoms with E-state index in [9.17, 15) is 4.79 Å².